The maximum atomic E-state index is 12.0. The molecule has 92 valence electrons. The van der Waals surface area contributed by atoms with Crippen molar-refractivity contribution in [1.29, 1.82) is 0 Å². The van der Waals surface area contributed by atoms with Crippen molar-refractivity contribution in [3.8, 4) is 0 Å². The summed E-state index contributed by atoms with van der Waals surface area (Å²) in [7, 11) is 0. The van der Waals surface area contributed by atoms with Gasteiger partial charge in [0.1, 0.15) is 5.60 Å². The van der Waals surface area contributed by atoms with E-state index in [0.29, 0.717) is 5.92 Å². The second-order valence-electron chi connectivity index (χ2n) is 5.77. The molecule has 0 aromatic carbocycles. The predicted molar refractivity (Wildman–Crippen MR) is 63.7 cm³/mol. The Labute approximate surface area is 102 Å². The summed E-state index contributed by atoms with van der Waals surface area (Å²) in [5.41, 5.74) is -0.421. The van der Waals surface area contributed by atoms with Crippen molar-refractivity contribution in [1.82, 2.24) is 4.90 Å². The molecule has 2 rings (SSSR count). The molecule has 0 radical (unpaired) electrons. The maximum absolute atomic E-state index is 12.0. The Morgan fingerprint density at radius 3 is 2.69 bits per heavy atom. The molecule has 3 nitrogen and oxygen atoms in total. The fourth-order valence-corrected chi connectivity index (χ4v) is 2.91. The van der Waals surface area contributed by atoms with E-state index in [1.807, 2.05) is 25.7 Å². The van der Waals surface area contributed by atoms with Crippen LogP contribution in [0.4, 0.5) is 4.79 Å². The Morgan fingerprint density at radius 1 is 1.38 bits per heavy atom. The van der Waals surface area contributed by atoms with Gasteiger partial charge in [-0.05, 0) is 39.5 Å². The van der Waals surface area contributed by atoms with Crippen molar-refractivity contribution < 1.29 is 9.53 Å². The summed E-state index contributed by atoms with van der Waals surface area (Å²) < 4.78 is 5.41. The molecule has 0 bridgehead atoms. The summed E-state index contributed by atoms with van der Waals surface area (Å²) in [6, 6.07) is 0.221. The molecule has 1 heterocycles. The van der Waals surface area contributed by atoms with Crippen LogP contribution in [0.25, 0.3) is 0 Å². The third-order valence-electron chi connectivity index (χ3n) is 3.21. The molecule has 0 N–H and O–H groups in total. The molecular weight excluding hydrogens is 226 g/mol. The summed E-state index contributed by atoms with van der Waals surface area (Å²) in [6.07, 6.45) is 3.19. The molecule has 4 heteroatoms. The van der Waals surface area contributed by atoms with E-state index >= 15 is 0 Å². The van der Waals surface area contributed by atoms with E-state index in [0.717, 1.165) is 19.4 Å². The standard InChI is InChI=1S/C12H20ClNO2/c1-12(2,3)16-11(15)14-7-5-4-6-8-9(13)10(8)14/h8-10H,4-7H2,1-3H3/t8-,9-,10-/m0/s1. The van der Waals surface area contributed by atoms with E-state index in [-0.39, 0.29) is 17.5 Å². The molecule has 1 saturated carbocycles. The van der Waals surface area contributed by atoms with Gasteiger partial charge in [0.05, 0.1) is 11.4 Å². The lowest BCUT2D eigenvalue weighted by Gasteiger charge is -2.27. The summed E-state index contributed by atoms with van der Waals surface area (Å²) in [6.45, 7) is 6.47. The molecule has 1 amide bonds. The van der Waals surface area contributed by atoms with Crippen molar-refractivity contribution in [2.45, 2.75) is 57.1 Å². The van der Waals surface area contributed by atoms with Gasteiger partial charge in [-0.25, -0.2) is 4.79 Å². The molecule has 1 aliphatic heterocycles. The highest BCUT2D eigenvalue weighted by Crippen LogP contribution is 2.46. The molecule has 0 unspecified atom stereocenters. The first kappa shape index (κ1) is 12.0. The van der Waals surface area contributed by atoms with Gasteiger partial charge in [-0.1, -0.05) is 6.42 Å². The third-order valence-corrected chi connectivity index (χ3v) is 3.79. The van der Waals surface area contributed by atoms with E-state index in [4.69, 9.17) is 16.3 Å². The van der Waals surface area contributed by atoms with Gasteiger partial charge >= 0.3 is 6.09 Å². The number of ether oxygens (including phenoxy) is 1. The van der Waals surface area contributed by atoms with Crippen LogP contribution >= 0.6 is 11.6 Å². The molecule has 3 atom stereocenters. The molecule has 1 saturated heterocycles. The Hall–Kier alpha value is -0.440. The van der Waals surface area contributed by atoms with Crippen molar-refractivity contribution >= 4 is 17.7 Å². The van der Waals surface area contributed by atoms with Gasteiger partial charge in [0.15, 0.2) is 0 Å². The number of carbonyl (C=O) groups is 1. The number of nitrogens with zero attached hydrogens (tertiary/aromatic N) is 1. The van der Waals surface area contributed by atoms with E-state index in [1.165, 1.54) is 6.42 Å². The van der Waals surface area contributed by atoms with E-state index in [1.54, 1.807) is 0 Å². The van der Waals surface area contributed by atoms with E-state index in [2.05, 4.69) is 0 Å². The Kier molecular flexibility index (Phi) is 3.08. The van der Waals surface area contributed by atoms with Crippen LogP contribution in [0.2, 0.25) is 0 Å². The zero-order valence-electron chi connectivity index (χ0n) is 10.2. The smallest absolute Gasteiger partial charge is 0.410 e. The van der Waals surface area contributed by atoms with Crippen LogP contribution in [0.15, 0.2) is 0 Å². The number of likely N-dealkylation sites (tertiary alicyclic amines) is 1. The molecule has 16 heavy (non-hydrogen) atoms. The minimum Gasteiger partial charge on any atom is -0.444 e. The van der Waals surface area contributed by atoms with Gasteiger partial charge < -0.3 is 9.64 Å². The highest BCUT2D eigenvalue weighted by molar-refractivity contribution is 6.23. The quantitative estimate of drug-likeness (QED) is 0.614. The number of hydrogen-bond donors (Lipinski definition) is 0. The minimum absolute atomic E-state index is 0.146. The van der Waals surface area contributed by atoms with Gasteiger partial charge in [0.25, 0.3) is 0 Å². The lowest BCUT2D eigenvalue weighted by molar-refractivity contribution is 0.0232. The number of rotatable bonds is 0. The largest absolute Gasteiger partial charge is 0.444 e. The first-order valence-electron chi connectivity index (χ1n) is 6.04. The summed E-state index contributed by atoms with van der Waals surface area (Å²) in [5, 5.41) is 0.146. The average Bonchev–Trinajstić information content (AvgIpc) is 2.79. The van der Waals surface area contributed by atoms with E-state index < -0.39 is 5.60 Å². The van der Waals surface area contributed by atoms with Crippen LogP contribution in [0.1, 0.15) is 40.0 Å². The Morgan fingerprint density at radius 2 is 2.06 bits per heavy atom. The molecule has 2 aliphatic rings. The lowest BCUT2D eigenvalue weighted by Crippen LogP contribution is -2.39. The second-order valence-corrected chi connectivity index (χ2v) is 6.27. The van der Waals surface area contributed by atoms with Crippen LogP contribution in [0.3, 0.4) is 0 Å². The number of carbonyl (C=O) groups excluding carboxylic acids is 1. The number of alkyl halides is 1. The van der Waals surface area contributed by atoms with Crippen LogP contribution in [0, 0.1) is 5.92 Å². The highest BCUT2D eigenvalue weighted by atomic mass is 35.5. The highest BCUT2D eigenvalue weighted by Gasteiger charge is 2.55. The zero-order valence-corrected chi connectivity index (χ0v) is 11.0. The van der Waals surface area contributed by atoms with E-state index in [9.17, 15) is 4.79 Å². The first-order chi connectivity index (χ1) is 7.40. The van der Waals surface area contributed by atoms with Crippen LogP contribution < -0.4 is 0 Å². The van der Waals surface area contributed by atoms with Crippen LogP contribution in [0.5, 0.6) is 0 Å². The van der Waals surface area contributed by atoms with Crippen LogP contribution in [-0.2, 0) is 4.74 Å². The molecule has 0 spiro atoms. The monoisotopic (exact) mass is 245 g/mol. The van der Waals surface area contributed by atoms with Crippen molar-refractivity contribution in [3.63, 3.8) is 0 Å². The number of hydrogen-bond acceptors (Lipinski definition) is 2. The van der Waals surface area contributed by atoms with Crippen LogP contribution in [-0.4, -0.2) is 34.6 Å². The summed E-state index contributed by atoms with van der Waals surface area (Å²) >= 11 is 6.19. The van der Waals surface area contributed by atoms with Gasteiger partial charge in [-0.2, -0.15) is 0 Å². The third kappa shape index (κ3) is 2.45. The van der Waals surface area contributed by atoms with Gasteiger partial charge in [-0.15, -0.1) is 11.6 Å². The maximum Gasteiger partial charge on any atom is 0.410 e. The summed E-state index contributed by atoms with van der Waals surface area (Å²) in [4.78, 5) is 13.8. The second kappa shape index (κ2) is 4.10. The molecular formula is C12H20ClNO2. The number of amides is 1. The van der Waals surface area contributed by atoms with Crippen molar-refractivity contribution in [2.24, 2.45) is 5.92 Å². The molecule has 2 fully saturated rings. The number of fused-ring (bicyclic) bond motifs is 1. The van der Waals surface area contributed by atoms with Crippen molar-refractivity contribution in [3.05, 3.63) is 0 Å². The normalized spacial score (nSPS) is 34.0. The first-order valence-corrected chi connectivity index (χ1v) is 6.47. The fourth-order valence-electron chi connectivity index (χ4n) is 2.39. The number of halogens is 1. The Bertz CT molecular complexity index is 287. The Balaban J connectivity index is 1.99. The molecule has 0 aromatic heterocycles. The van der Waals surface area contributed by atoms with Gasteiger partial charge in [-0.3, -0.25) is 0 Å². The topological polar surface area (TPSA) is 29.5 Å². The zero-order chi connectivity index (χ0) is 11.9. The average molecular weight is 246 g/mol. The predicted octanol–water partition coefficient (Wildman–Crippen LogP) is 3.01. The van der Waals surface area contributed by atoms with Gasteiger partial charge in [0.2, 0.25) is 0 Å². The summed E-state index contributed by atoms with van der Waals surface area (Å²) in [5.74, 6) is 0.497. The fraction of sp³-hybridized carbons (Fsp3) is 0.917. The van der Waals surface area contributed by atoms with Crippen molar-refractivity contribution in [2.75, 3.05) is 6.54 Å². The molecule has 1 aliphatic carbocycles. The molecule has 0 aromatic rings. The SMILES string of the molecule is CC(C)(C)OC(=O)N1CCCC[C@H]2[C@H](Cl)[C@H]21. The lowest BCUT2D eigenvalue weighted by atomic mass is 10.2. The van der Waals surface area contributed by atoms with Gasteiger partial charge in [0, 0.05) is 6.54 Å². The minimum atomic E-state index is -0.421.